The van der Waals surface area contributed by atoms with Crippen LogP contribution in [-0.2, 0) is 4.79 Å². The Morgan fingerprint density at radius 2 is 1.50 bits per heavy atom. The van der Waals surface area contributed by atoms with Crippen molar-refractivity contribution in [3.8, 4) is 0 Å². The molecule has 2 amide bonds. The van der Waals surface area contributed by atoms with E-state index < -0.39 is 41.5 Å². The lowest BCUT2D eigenvalue weighted by Gasteiger charge is -2.46. The van der Waals surface area contributed by atoms with Crippen molar-refractivity contribution < 1.29 is 32.3 Å². The quantitative estimate of drug-likeness (QED) is 0.805. The Morgan fingerprint density at radius 1 is 1.04 bits per heavy atom. The van der Waals surface area contributed by atoms with Gasteiger partial charge in [0.05, 0.1) is 0 Å². The minimum absolute atomic E-state index is 0.00292. The van der Waals surface area contributed by atoms with Gasteiger partial charge in [-0.25, -0.2) is 4.39 Å². The molecule has 1 aliphatic heterocycles. The van der Waals surface area contributed by atoms with E-state index in [4.69, 9.17) is 0 Å². The van der Waals surface area contributed by atoms with Crippen molar-refractivity contribution in [2.45, 2.75) is 44.6 Å². The summed E-state index contributed by atoms with van der Waals surface area (Å²) in [6.07, 6.45) is -5.10. The highest BCUT2D eigenvalue weighted by molar-refractivity contribution is 5.94. The summed E-state index contributed by atoms with van der Waals surface area (Å²) in [7, 11) is 0. The van der Waals surface area contributed by atoms with Crippen LogP contribution in [0.3, 0.4) is 0 Å². The number of alkyl halides is 3. The van der Waals surface area contributed by atoms with Crippen LogP contribution in [0.1, 0.15) is 31.1 Å². The third-order valence-electron chi connectivity index (χ3n) is 4.57. The second-order valence-electron chi connectivity index (χ2n) is 6.69. The number of carbonyl (C=O) groups excluding carboxylic acids is 2. The summed E-state index contributed by atoms with van der Waals surface area (Å²) >= 11 is 0. The molecular weight excluding hydrogens is 356 g/mol. The van der Waals surface area contributed by atoms with Crippen molar-refractivity contribution in [3.05, 3.63) is 35.6 Å². The van der Waals surface area contributed by atoms with Crippen LogP contribution in [0, 0.1) is 5.82 Å². The van der Waals surface area contributed by atoms with Gasteiger partial charge in [-0.2, -0.15) is 13.2 Å². The predicted octanol–water partition coefficient (Wildman–Crippen LogP) is 2.20. The molecule has 144 valence electrons. The summed E-state index contributed by atoms with van der Waals surface area (Å²) in [6, 6.07) is 3.62. The Balaban J connectivity index is 2.17. The van der Waals surface area contributed by atoms with Gasteiger partial charge in [0.2, 0.25) is 5.60 Å². The molecule has 0 aliphatic carbocycles. The predicted molar refractivity (Wildman–Crippen MR) is 84.8 cm³/mol. The highest BCUT2D eigenvalue weighted by atomic mass is 19.4. The molecule has 3 atom stereocenters. The van der Waals surface area contributed by atoms with E-state index in [1.165, 1.54) is 24.0 Å². The number of piperazine rings is 1. The van der Waals surface area contributed by atoms with Crippen LogP contribution < -0.4 is 0 Å². The fourth-order valence-corrected chi connectivity index (χ4v) is 2.85. The highest BCUT2D eigenvalue weighted by Crippen LogP contribution is 2.33. The summed E-state index contributed by atoms with van der Waals surface area (Å²) in [5, 5.41) is 9.62. The number of benzene rings is 1. The number of nitrogens with zero attached hydrogens (tertiary/aromatic N) is 2. The molecule has 2 rings (SSSR count). The number of hydrogen-bond donors (Lipinski definition) is 1. The molecule has 0 radical (unpaired) electrons. The van der Waals surface area contributed by atoms with E-state index in [0.29, 0.717) is 6.92 Å². The minimum atomic E-state index is -5.10. The normalized spacial score (nSPS) is 23.5. The number of aliphatic hydroxyl groups is 1. The van der Waals surface area contributed by atoms with Gasteiger partial charge in [-0.05, 0) is 45.0 Å². The van der Waals surface area contributed by atoms with Crippen molar-refractivity contribution in [2.24, 2.45) is 0 Å². The Morgan fingerprint density at radius 3 is 2.00 bits per heavy atom. The lowest BCUT2D eigenvalue weighted by Crippen LogP contribution is -2.65. The molecule has 1 saturated heterocycles. The Hall–Kier alpha value is -2.16. The molecule has 1 fully saturated rings. The van der Waals surface area contributed by atoms with Gasteiger partial charge >= 0.3 is 6.18 Å². The van der Waals surface area contributed by atoms with E-state index in [0.717, 1.165) is 17.0 Å². The standard InChI is InChI=1S/C17H20F4N2O3/c1-10-9-23(15(25)16(3,26)17(19,20)21)11(2)8-22(10)14(24)12-4-6-13(18)7-5-12/h4-7,10-11,26H,8-9H2,1-3H3/t10-,11-,16?/m1/s1. The second kappa shape index (κ2) is 6.86. The van der Waals surface area contributed by atoms with Crippen molar-refractivity contribution in [2.75, 3.05) is 13.1 Å². The molecule has 1 N–H and O–H groups in total. The van der Waals surface area contributed by atoms with Crippen LogP contribution in [0.25, 0.3) is 0 Å². The Kier molecular flexibility index (Phi) is 5.32. The maximum atomic E-state index is 13.0. The fraction of sp³-hybridized carbons (Fsp3) is 0.529. The smallest absolute Gasteiger partial charge is 0.373 e. The minimum Gasteiger partial charge on any atom is -0.373 e. The van der Waals surface area contributed by atoms with Crippen LogP contribution in [0.5, 0.6) is 0 Å². The molecule has 0 saturated carbocycles. The third-order valence-corrected chi connectivity index (χ3v) is 4.57. The first kappa shape index (κ1) is 20.2. The zero-order valence-electron chi connectivity index (χ0n) is 14.5. The van der Waals surface area contributed by atoms with Gasteiger partial charge in [0.25, 0.3) is 11.8 Å². The molecule has 0 spiro atoms. The molecule has 5 nitrogen and oxygen atoms in total. The van der Waals surface area contributed by atoms with Crippen LogP contribution in [0.2, 0.25) is 0 Å². The lowest BCUT2D eigenvalue weighted by molar-refractivity contribution is -0.251. The first-order chi connectivity index (χ1) is 11.9. The third kappa shape index (κ3) is 3.67. The molecule has 1 aromatic rings. The molecule has 0 bridgehead atoms. The van der Waals surface area contributed by atoms with Gasteiger partial charge in [-0.15, -0.1) is 0 Å². The van der Waals surface area contributed by atoms with Gasteiger partial charge in [-0.3, -0.25) is 9.59 Å². The van der Waals surface area contributed by atoms with Crippen molar-refractivity contribution in [1.29, 1.82) is 0 Å². The Labute approximate surface area is 148 Å². The summed E-state index contributed by atoms with van der Waals surface area (Å²) in [5.74, 6) is -2.34. The number of carbonyl (C=O) groups is 2. The molecule has 1 aliphatic rings. The molecule has 1 unspecified atom stereocenters. The van der Waals surface area contributed by atoms with Gasteiger partial charge in [0.15, 0.2) is 0 Å². The van der Waals surface area contributed by atoms with E-state index in [9.17, 15) is 32.3 Å². The maximum Gasteiger partial charge on any atom is 0.426 e. The number of halogens is 4. The summed E-state index contributed by atoms with van der Waals surface area (Å²) in [6.45, 7) is 3.36. The molecular formula is C17H20F4N2O3. The van der Waals surface area contributed by atoms with E-state index in [2.05, 4.69) is 0 Å². The second-order valence-corrected chi connectivity index (χ2v) is 6.69. The fourth-order valence-electron chi connectivity index (χ4n) is 2.85. The van der Waals surface area contributed by atoms with Crippen molar-refractivity contribution in [1.82, 2.24) is 9.80 Å². The van der Waals surface area contributed by atoms with E-state index in [1.54, 1.807) is 6.92 Å². The molecule has 1 heterocycles. The molecule has 1 aromatic carbocycles. The molecule has 9 heteroatoms. The number of hydrogen-bond acceptors (Lipinski definition) is 3. The summed E-state index contributed by atoms with van der Waals surface area (Å²) < 4.78 is 51.8. The molecule has 0 aromatic heterocycles. The first-order valence-corrected chi connectivity index (χ1v) is 8.03. The topological polar surface area (TPSA) is 60.9 Å². The van der Waals surface area contributed by atoms with Crippen molar-refractivity contribution >= 4 is 11.8 Å². The van der Waals surface area contributed by atoms with E-state index in [1.807, 2.05) is 0 Å². The average molecular weight is 376 g/mol. The maximum absolute atomic E-state index is 13.0. The lowest BCUT2D eigenvalue weighted by atomic mass is 10.00. The first-order valence-electron chi connectivity index (χ1n) is 8.03. The monoisotopic (exact) mass is 376 g/mol. The zero-order chi connectivity index (χ0) is 19.9. The Bertz CT molecular complexity index is 688. The van der Waals surface area contributed by atoms with Crippen molar-refractivity contribution in [3.63, 3.8) is 0 Å². The average Bonchev–Trinajstić information content (AvgIpc) is 2.55. The van der Waals surface area contributed by atoms with Gasteiger partial charge < -0.3 is 14.9 Å². The van der Waals surface area contributed by atoms with E-state index in [-0.39, 0.29) is 18.7 Å². The SMILES string of the molecule is C[C@@H]1CN(C(=O)C(C)(O)C(F)(F)F)[C@H](C)CN1C(=O)c1ccc(F)cc1. The van der Waals surface area contributed by atoms with E-state index >= 15 is 0 Å². The van der Waals surface area contributed by atoms with Gasteiger partial charge in [-0.1, -0.05) is 0 Å². The number of amides is 2. The molecule has 26 heavy (non-hydrogen) atoms. The largest absolute Gasteiger partial charge is 0.426 e. The van der Waals surface area contributed by atoms with Crippen LogP contribution in [0.4, 0.5) is 17.6 Å². The summed E-state index contributed by atoms with van der Waals surface area (Å²) in [4.78, 5) is 27.1. The summed E-state index contributed by atoms with van der Waals surface area (Å²) in [5.41, 5.74) is -3.25. The van der Waals surface area contributed by atoms with Crippen LogP contribution >= 0.6 is 0 Å². The zero-order valence-corrected chi connectivity index (χ0v) is 14.5. The highest BCUT2D eigenvalue weighted by Gasteiger charge is 2.58. The number of rotatable bonds is 2. The van der Waals surface area contributed by atoms with Gasteiger partial charge in [0, 0.05) is 30.7 Å². The van der Waals surface area contributed by atoms with Gasteiger partial charge in [0.1, 0.15) is 5.82 Å². The van der Waals surface area contributed by atoms with Crippen LogP contribution in [0.15, 0.2) is 24.3 Å². The van der Waals surface area contributed by atoms with Crippen LogP contribution in [-0.4, -0.2) is 63.7 Å².